The molecule has 0 unspecified atom stereocenters. The van der Waals surface area contributed by atoms with Crippen LogP contribution in [0.15, 0.2) is 30.4 Å². The van der Waals surface area contributed by atoms with Crippen LogP contribution >= 0.6 is 0 Å². The fourth-order valence-corrected chi connectivity index (χ4v) is 1.88. The summed E-state index contributed by atoms with van der Waals surface area (Å²) in [5.41, 5.74) is 2.05. The highest BCUT2D eigenvalue weighted by Gasteiger charge is 2.12. The summed E-state index contributed by atoms with van der Waals surface area (Å²) in [6.45, 7) is 1.89. The molecule has 1 N–H and O–H groups in total. The molecule has 0 amide bonds. The third-order valence-corrected chi connectivity index (χ3v) is 2.79. The van der Waals surface area contributed by atoms with E-state index in [0.717, 1.165) is 24.1 Å². The predicted octanol–water partition coefficient (Wildman–Crippen LogP) is 3.03. The summed E-state index contributed by atoms with van der Waals surface area (Å²) < 4.78 is 0. The summed E-state index contributed by atoms with van der Waals surface area (Å²) in [5, 5.41) is 14.0. The highest BCUT2D eigenvalue weighted by Crippen LogP contribution is 2.24. The van der Waals surface area contributed by atoms with Gasteiger partial charge in [0.15, 0.2) is 0 Å². The first kappa shape index (κ1) is 10.7. The number of nitro benzene ring substituents is 1. The summed E-state index contributed by atoms with van der Waals surface area (Å²) in [7, 11) is 0. The molecular weight excluding hydrogens is 204 g/mol. The molecule has 1 aromatic carbocycles. The molecule has 0 radical (unpaired) electrons. The maximum atomic E-state index is 10.6. The molecular formula is C12H14N2O2. The largest absolute Gasteiger partial charge is 0.381 e. The Morgan fingerprint density at radius 2 is 2.06 bits per heavy atom. The van der Waals surface area contributed by atoms with Crippen molar-refractivity contribution in [2.45, 2.75) is 25.8 Å². The Kier molecular flexibility index (Phi) is 2.90. The third kappa shape index (κ3) is 2.21. The van der Waals surface area contributed by atoms with E-state index in [4.69, 9.17) is 0 Å². The molecule has 4 heteroatoms. The van der Waals surface area contributed by atoms with Crippen LogP contribution in [0.25, 0.3) is 0 Å². The fourth-order valence-electron chi connectivity index (χ4n) is 1.88. The topological polar surface area (TPSA) is 55.2 Å². The molecule has 0 fully saturated rings. The first-order valence-corrected chi connectivity index (χ1v) is 5.33. The number of non-ortho nitro benzene ring substituents is 1. The average molecular weight is 218 g/mol. The van der Waals surface area contributed by atoms with Crippen molar-refractivity contribution in [3.8, 4) is 0 Å². The van der Waals surface area contributed by atoms with Gasteiger partial charge in [0, 0.05) is 23.9 Å². The lowest BCUT2D eigenvalue weighted by atomic mass is 10.1. The molecule has 0 bridgehead atoms. The Labute approximate surface area is 94.1 Å². The van der Waals surface area contributed by atoms with E-state index in [1.165, 1.54) is 6.07 Å². The van der Waals surface area contributed by atoms with Crippen LogP contribution < -0.4 is 5.32 Å². The molecule has 0 atom stereocenters. The van der Waals surface area contributed by atoms with Crippen LogP contribution in [0.4, 0.5) is 11.4 Å². The molecule has 0 saturated heterocycles. The van der Waals surface area contributed by atoms with Crippen LogP contribution in [0.5, 0.6) is 0 Å². The van der Waals surface area contributed by atoms with Gasteiger partial charge in [-0.3, -0.25) is 10.1 Å². The van der Waals surface area contributed by atoms with Gasteiger partial charge in [-0.2, -0.15) is 0 Å². The fraction of sp³-hybridized carbons (Fsp3) is 0.333. The zero-order valence-corrected chi connectivity index (χ0v) is 9.14. The Bertz CT molecular complexity index is 433. The van der Waals surface area contributed by atoms with E-state index in [0.29, 0.717) is 6.04 Å². The van der Waals surface area contributed by atoms with Gasteiger partial charge < -0.3 is 5.32 Å². The van der Waals surface area contributed by atoms with E-state index >= 15 is 0 Å². The molecule has 16 heavy (non-hydrogen) atoms. The van der Waals surface area contributed by atoms with Crippen LogP contribution in [0, 0.1) is 17.0 Å². The van der Waals surface area contributed by atoms with Gasteiger partial charge >= 0.3 is 0 Å². The van der Waals surface area contributed by atoms with E-state index in [-0.39, 0.29) is 10.6 Å². The summed E-state index contributed by atoms with van der Waals surface area (Å²) in [6, 6.07) is 5.36. The minimum atomic E-state index is -0.367. The third-order valence-electron chi connectivity index (χ3n) is 2.79. The van der Waals surface area contributed by atoms with Crippen LogP contribution in [-0.2, 0) is 0 Å². The molecule has 2 rings (SSSR count). The van der Waals surface area contributed by atoms with Crippen molar-refractivity contribution in [1.29, 1.82) is 0 Å². The number of nitrogens with zero attached hydrogens (tertiary/aromatic N) is 1. The maximum Gasteiger partial charge on any atom is 0.269 e. The normalized spacial score (nSPS) is 15.3. The lowest BCUT2D eigenvalue weighted by molar-refractivity contribution is -0.384. The molecule has 0 aliphatic heterocycles. The second kappa shape index (κ2) is 4.35. The predicted molar refractivity (Wildman–Crippen MR) is 63.6 cm³/mol. The Hall–Kier alpha value is -1.84. The minimum Gasteiger partial charge on any atom is -0.381 e. The molecule has 1 aliphatic rings. The van der Waals surface area contributed by atoms with Crippen molar-refractivity contribution in [2.24, 2.45) is 0 Å². The number of benzene rings is 1. The number of anilines is 1. The van der Waals surface area contributed by atoms with Gasteiger partial charge in [-0.1, -0.05) is 12.2 Å². The van der Waals surface area contributed by atoms with Crippen molar-refractivity contribution in [1.82, 2.24) is 0 Å². The van der Waals surface area contributed by atoms with Gasteiger partial charge in [-0.25, -0.2) is 0 Å². The van der Waals surface area contributed by atoms with Gasteiger partial charge in [0.25, 0.3) is 5.69 Å². The molecule has 0 spiro atoms. The zero-order chi connectivity index (χ0) is 11.5. The summed E-state index contributed by atoms with van der Waals surface area (Å²) >= 11 is 0. The number of rotatable bonds is 3. The highest BCUT2D eigenvalue weighted by molar-refractivity contribution is 5.56. The Morgan fingerprint density at radius 1 is 1.38 bits per heavy atom. The lowest BCUT2D eigenvalue weighted by Crippen LogP contribution is -2.15. The number of hydrogen-bond donors (Lipinski definition) is 1. The molecule has 0 heterocycles. The van der Waals surface area contributed by atoms with Gasteiger partial charge in [-0.15, -0.1) is 0 Å². The molecule has 0 saturated carbocycles. The van der Waals surface area contributed by atoms with Crippen molar-refractivity contribution in [3.05, 3.63) is 46.0 Å². The van der Waals surface area contributed by atoms with E-state index in [2.05, 4.69) is 17.5 Å². The molecule has 1 aliphatic carbocycles. The zero-order valence-electron chi connectivity index (χ0n) is 9.14. The number of aryl methyl sites for hydroxylation is 1. The Balaban J connectivity index is 2.12. The van der Waals surface area contributed by atoms with Crippen LogP contribution in [-0.4, -0.2) is 11.0 Å². The Morgan fingerprint density at radius 3 is 2.62 bits per heavy atom. The van der Waals surface area contributed by atoms with E-state index in [1.54, 1.807) is 12.1 Å². The standard InChI is InChI=1S/C12H14N2O2/c1-9-8-11(14(15)16)6-7-12(9)13-10-4-2-3-5-10/h2-3,6-8,10,13H,4-5H2,1H3. The van der Waals surface area contributed by atoms with E-state index < -0.39 is 0 Å². The van der Waals surface area contributed by atoms with Crippen molar-refractivity contribution >= 4 is 11.4 Å². The summed E-state index contributed by atoms with van der Waals surface area (Å²) in [5.74, 6) is 0. The highest BCUT2D eigenvalue weighted by atomic mass is 16.6. The molecule has 4 nitrogen and oxygen atoms in total. The average Bonchev–Trinajstić information content (AvgIpc) is 2.73. The van der Waals surface area contributed by atoms with Gasteiger partial charge in [0.2, 0.25) is 0 Å². The first-order chi connectivity index (χ1) is 7.66. The lowest BCUT2D eigenvalue weighted by Gasteiger charge is -2.15. The minimum absolute atomic E-state index is 0.146. The van der Waals surface area contributed by atoms with E-state index in [1.807, 2.05) is 6.92 Å². The van der Waals surface area contributed by atoms with E-state index in [9.17, 15) is 10.1 Å². The van der Waals surface area contributed by atoms with Crippen LogP contribution in [0.3, 0.4) is 0 Å². The smallest absolute Gasteiger partial charge is 0.269 e. The van der Waals surface area contributed by atoms with Crippen LogP contribution in [0.2, 0.25) is 0 Å². The number of nitro groups is 1. The van der Waals surface area contributed by atoms with Gasteiger partial charge in [-0.05, 0) is 31.4 Å². The van der Waals surface area contributed by atoms with Crippen molar-refractivity contribution < 1.29 is 4.92 Å². The van der Waals surface area contributed by atoms with Crippen LogP contribution in [0.1, 0.15) is 18.4 Å². The van der Waals surface area contributed by atoms with Crippen molar-refractivity contribution in [3.63, 3.8) is 0 Å². The summed E-state index contributed by atoms with van der Waals surface area (Å²) in [4.78, 5) is 10.2. The summed E-state index contributed by atoms with van der Waals surface area (Å²) in [6.07, 6.45) is 6.35. The van der Waals surface area contributed by atoms with Gasteiger partial charge in [0.1, 0.15) is 0 Å². The molecule has 0 aromatic heterocycles. The number of hydrogen-bond acceptors (Lipinski definition) is 3. The molecule has 84 valence electrons. The first-order valence-electron chi connectivity index (χ1n) is 5.33. The number of nitrogens with one attached hydrogen (secondary N) is 1. The maximum absolute atomic E-state index is 10.6. The molecule has 1 aromatic rings. The second-order valence-electron chi connectivity index (χ2n) is 4.04. The second-order valence-corrected chi connectivity index (χ2v) is 4.04. The van der Waals surface area contributed by atoms with Gasteiger partial charge in [0.05, 0.1) is 4.92 Å². The quantitative estimate of drug-likeness (QED) is 0.482. The van der Waals surface area contributed by atoms with Crippen molar-refractivity contribution in [2.75, 3.05) is 5.32 Å². The monoisotopic (exact) mass is 218 g/mol. The SMILES string of the molecule is Cc1cc([N+](=O)[O-])ccc1NC1CC=CC1.